The molecule has 1 aliphatic heterocycles. The summed E-state index contributed by atoms with van der Waals surface area (Å²) in [5.41, 5.74) is 1.00. The van der Waals surface area contributed by atoms with E-state index in [1.54, 1.807) is 11.8 Å². The first-order valence-electron chi connectivity index (χ1n) is 5.75. The molecule has 1 N–H and O–H groups in total. The molecular formula is C11H19N3OS. The highest BCUT2D eigenvalue weighted by atomic mass is 32.2. The lowest BCUT2D eigenvalue weighted by molar-refractivity contribution is 0.255. The van der Waals surface area contributed by atoms with Crippen molar-refractivity contribution in [2.75, 3.05) is 38.5 Å². The van der Waals surface area contributed by atoms with Crippen molar-refractivity contribution >= 4 is 11.8 Å². The molecule has 16 heavy (non-hydrogen) atoms. The Balaban J connectivity index is 1.71. The maximum absolute atomic E-state index is 5.52. The predicted molar refractivity (Wildman–Crippen MR) is 66.0 cm³/mol. The van der Waals surface area contributed by atoms with Crippen LogP contribution in [-0.2, 0) is 0 Å². The zero-order valence-electron chi connectivity index (χ0n) is 9.95. The Hall–Kier alpha value is -0.520. The molecule has 0 saturated carbocycles. The average molecular weight is 241 g/mol. The number of piperazine rings is 1. The number of aryl methyl sites for hydroxylation is 2. The third kappa shape index (κ3) is 3.23. The minimum atomic E-state index is 0.810. The van der Waals surface area contributed by atoms with Gasteiger partial charge in [0.1, 0.15) is 5.76 Å². The second-order valence-corrected chi connectivity index (χ2v) is 5.11. The van der Waals surface area contributed by atoms with Crippen LogP contribution in [0, 0.1) is 13.8 Å². The Kier molecular flexibility index (Phi) is 4.26. The van der Waals surface area contributed by atoms with Gasteiger partial charge in [-0.1, -0.05) is 11.8 Å². The monoisotopic (exact) mass is 241 g/mol. The molecule has 0 bridgehead atoms. The molecule has 1 saturated heterocycles. The lowest BCUT2D eigenvalue weighted by atomic mass is 10.4. The van der Waals surface area contributed by atoms with E-state index in [1.807, 2.05) is 13.8 Å². The SMILES string of the molecule is Cc1nc(SCCN2CCNCC2)oc1C. The lowest BCUT2D eigenvalue weighted by Crippen LogP contribution is -2.44. The summed E-state index contributed by atoms with van der Waals surface area (Å²) in [7, 11) is 0. The topological polar surface area (TPSA) is 41.3 Å². The molecule has 2 heterocycles. The number of oxazole rings is 1. The largest absolute Gasteiger partial charge is 0.437 e. The highest BCUT2D eigenvalue weighted by Crippen LogP contribution is 2.19. The van der Waals surface area contributed by atoms with Gasteiger partial charge in [-0.15, -0.1) is 0 Å². The summed E-state index contributed by atoms with van der Waals surface area (Å²) in [5, 5.41) is 4.16. The number of rotatable bonds is 4. The van der Waals surface area contributed by atoms with Gasteiger partial charge in [0.25, 0.3) is 5.22 Å². The molecule has 1 aromatic rings. The Morgan fingerprint density at radius 3 is 2.75 bits per heavy atom. The molecule has 0 amide bonds. The molecule has 1 aromatic heterocycles. The van der Waals surface area contributed by atoms with Crippen molar-refractivity contribution in [1.82, 2.24) is 15.2 Å². The number of thioether (sulfide) groups is 1. The zero-order valence-corrected chi connectivity index (χ0v) is 10.8. The maximum atomic E-state index is 5.52. The van der Waals surface area contributed by atoms with Crippen LogP contribution in [0.25, 0.3) is 0 Å². The number of nitrogens with one attached hydrogen (secondary N) is 1. The first kappa shape index (κ1) is 12.0. The van der Waals surface area contributed by atoms with E-state index in [0.29, 0.717) is 0 Å². The standard InChI is InChI=1S/C11H19N3OS/c1-9-10(2)15-11(13-9)16-8-7-14-5-3-12-4-6-14/h12H,3-8H2,1-2H3. The van der Waals surface area contributed by atoms with Crippen molar-refractivity contribution in [1.29, 1.82) is 0 Å². The number of aromatic nitrogens is 1. The summed E-state index contributed by atoms with van der Waals surface area (Å²) in [6, 6.07) is 0. The highest BCUT2D eigenvalue weighted by molar-refractivity contribution is 7.99. The van der Waals surface area contributed by atoms with Crippen LogP contribution in [0.3, 0.4) is 0 Å². The normalized spacial score (nSPS) is 17.9. The van der Waals surface area contributed by atoms with Crippen molar-refractivity contribution in [3.8, 4) is 0 Å². The fraction of sp³-hybridized carbons (Fsp3) is 0.727. The Labute approximate surface area is 101 Å². The van der Waals surface area contributed by atoms with Crippen LogP contribution < -0.4 is 5.32 Å². The summed E-state index contributed by atoms with van der Waals surface area (Å²) < 4.78 is 5.52. The zero-order chi connectivity index (χ0) is 11.4. The van der Waals surface area contributed by atoms with Crippen molar-refractivity contribution in [2.24, 2.45) is 0 Å². The fourth-order valence-corrected chi connectivity index (χ4v) is 2.61. The van der Waals surface area contributed by atoms with Crippen LogP contribution in [0.1, 0.15) is 11.5 Å². The molecule has 0 spiro atoms. The number of hydrogen-bond acceptors (Lipinski definition) is 5. The van der Waals surface area contributed by atoms with E-state index in [2.05, 4.69) is 15.2 Å². The highest BCUT2D eigenvalue weighted by Gasteiger charge is 2.10. The van der Waals surface area contributed by atoms with Gasteiger partial charge < -0.3 is 9.73 Å². The molecule has 0 aliphatic carbocycles. The van der Waals surface area contributed by atoms with Gasteiger partial charge in [-0.2, -0.15) is 0 Å². The van der Waals surface area contributed by atoms with Gasteiger partial charge >= 0.3 is 0 Å². The molecule has 2 rings (SSSR count). The van der Waals surface area contributed by atoms with E-state index in [9.17, 15) is 0 Å². The van der Waals surface area contributed by atoms with Gasteiger partial charge in [-0.3, -0.25) is 4.90 Å². The van der Waals surface area contributed by atoms with Gasteiger partial charge in [-0.05, 0) is 13.8 Å². The summed E-state index contributed by atoms with van der Waals surface area (Å²) in [4.78, 5) is 6.84. The van der Waals surface area contributed by atoms with Crippen LogP contribution in [0.4, 0.5) is 0 Å². The van der Waals surface area contributed by atoms with Crippen LogP contribution in [0.15, 0.2) is 9.64 Å². The van der Waals surface area contributed by atoms with Crippen molar-refractivity contribution in [3.63, 3.8) is 0 Å². The van der Waals surface area contributed by atoms with Gasteiger partial charge in [0.05, 0.1) is 5.69 Å². The maximum Gasteiger partial charge on any atom is 0.256 e. The molecule has 0 radical (unpaired) electrons. The summed E-state index contributed by atoms with van der Waals surface area (Å²) >= 11 is 1.71. The van der Waals surface area contributed by atoms with Crippen LogP contribution in [-0.4, -0.2) is 48.4 Å². The van der Waals surface area contributed by atoms with E-state index >= 15 is 0 Å². The van der Waals surface area contributed by atoms with Gasteiger partial charge in [-0.25, -0.2) is 4.98 Å². The summed E-state index contributed by atoms with van der Waals surface area (Å²) in [6.07, 6.45) is 0. The van der Waals surface area contributed by atoms with E-state index in [4.69, 9.17) is 4.42 Å². The van der Waals surface area contributed by atoms with Crippen molar-refractivity contribution in [2.45, 2.75) is 19.1 Å². The molecule has 1 fully saturated rings. The second-order valence-electron chi connectivity index (χ2n) is 4.06. The minimum absolute atomic E-state index is 0.810. The first-order chi connectivity index (χ1) is 7.75. The quantitative estimate of drug-likeness (QED) is 0.805. The van der Waals surface area contributed by atoms with Gasteiger partial charge in [0.2, 0.25) is 0 Å². The van der Waals surface area contributed by atoms with Gasteiger partial charge in [0.15, 0.2) is 0 Å². The average Bonchev–Trinajstić information content (AvgIpc) is 2.60. The molecule has 1 aliphatic rings. The van der Waals surface area contributed by atoms with Crippen molar-refractivity contribution < 1.29 is 4.42 Å². The second kappa shape index (κ2) is 5.70. The number of hydrogen-bond donors (Lipinski definition) is 1. The van der Waals surface area contributed by atoms with Crippen LogP contribution in [0.5, 0.6) is 0 Å². The lowest BCUT2D eigenvalue weighted by Gasteiger charge is -2.26. The first-order valence-corrected chi connectivity index (χ1v) is 6.74. The molecule has 0 atom stereocenters. The van der Waals surface area contributed by atoms with E-state index in [-0.39, 0.29) is 0 Å². The summed E-state index contributed by atoms with van der Waals surface area (Å²) in [5.74, 6) is 1.99. The van der Waals surface area contributed by atoms with E-state index in [1.165, 1.54) is 0 Å². The predicted octanol–water partition coefficient (Wildman–Crippen LogP) is 1.29. The number of nitrogens with zero attached hydrogens (tertiary/aromatic N) is 2. The van der Waals surface area contributed by atoms with Crippen LogP contribution >= 0.6 is 11.8 Å². The van der Waals surface area contributed by atoms with Crippen LogP contribution in [0.2, 0.25) is 0 Å². The molecule has 0 unspecified atom stereocenters. The summed E-state index contributed by atoms with van der Waals surface area (Å²) in [6.45, 7) is 9.60. The van der Waals surface area contributed by atoms with E-state index in [0.717, 1.165) is 55.2 Å². The molecular weight excluding hydrogens is 222 g/mol. The smallest absolute Gasteiger partial charge is 0.256 e. The Morgan fingerprint density at radius 2 is 2.12 bits per heavy atom. The van der Waals surface area contributed by atoms with E-state index < -0.39 is 0 Å². The third-order valence-electron chi connectivity index (χ3n) is 2.85. The molecule has 5 heteroatoms. The third-order valence-corrected chi connectivity index (χ3v) is 3.66. The van der Waals surface area contributed by atoms with Gasteiger partial charge in [0, 0.05) is 38.5 Å². The Bertz CT molecular complexity index is 314. The molecule has 90 valence electrons. The Morgan fingerprint density at radius 1 is 1.38 bits per heavy atom. The molecule has 4 nitrogen and oxygen atoms in total. The molecule has 0 aromatic carbocycles. The fourth-order valence-electron chi connectivity index (χ4n) is 1.70. The minimum Gasteiger partial charge on any atom is -0.437 e. The van der Waals surface area contributed by atoms with Crippen molar-refractivity contribution in [3.05, 3.63) is 11.5 Å².